The predicted molar refractivity (Wildman–Crippen MR) is 251 cm³/mol. The highest BCUT2D eigenvalue weighted by Gasteiger charge is 2.30. The number of rotatable bonds is 16. The van der Waals surface area contributed by atoms with Crippen molar-refractivity contribution in [2.75, 3.05) is 88.5 Å². The third kappa shape index (κ3) is 12.3. The fraction of sp³-hybridized carbons (Fsp3) is 0.426. The number of hydrogen-bond acceptors (Lipinski definition) is 10. The van der Waals surface area contributed by atoms with Crippen LogP contribution in [0.5, 0.6) is 0 Å². The zero-order valence-corrected chi connectivity index (χ0v) is 37.5. The molecule has 13 heteroatoms. The van der Waals surface area contributed by atoms with E-state index < -0.39 is 0 Å². The summed E-state index contributed by atoms with van der Waals surface area (Å²) < 4.78 is 2.90. The van der Waals surface area contributed by atoms with Crippen molar-refractivity contribution in [1.29, 1.82) is 0 Å². The van der Waals surface area contributed by atoms with Crippen molar-refractivity contribution in [2.45, 2.75) is 55.4 Å². The van der Waals surface area contributed by atoms with Crippen LogP contribution in [0.15, 0.2) is 112 Å². The second-order valence-electron chi connectivity index (χ2n) is 17.1. The number of likely N-dealkylation sites (N-methyl/N-ethyl adjacent to an activating group) is 1. The summed E-state index contributed by atoms with van der Waals surface area (Å²) in [7, 11) is 2.15. The molecule has 318 valence electrons. The monoisotopic (exact) mass is 867 g/mol. The first-order chi connectivity index (χ1) is 29.0. The summed E-state index contributed by atoms with van der Waals surface area (Å²) in [6.45, 7) is 14.6. The standard InChI is InChI=1S/C47H58ClN7O3S2/c1-47(2)21-19-43(35-9-13-38(48)14-10-35)37(32-47)33-53-27-29-54(30-28-53)40-15-11-36(12-16-40)46(56)50-60-42-17-18-44(45(31-42)55(57)58)49-39(34-59-41-7-5-4-6-8-41)20-22-52-25-23-51(3)24-26-52/h4-18,31,39,49H,19-30,32-34H2,1-3H3,(H,50,56)/t39-/m1/s1. The maximum absolute atomic E-state index is 13.3. The number of carbonyl (C=O) groups is 1. The van der Waals surface area contributed by atoms with Crippen LogP contribution in [-0.2, 0) is 0 Å². The number of amides is 1. The normalized spacial score (nSPS) is 18.3. The SMILES string of the molecule is CN1CCN(CC[C@H](CSc2ccccc2)Nc2ccc(SNC(=O)c3ccc(N4CCN(CC5=C(c6ccc(Cl)cc6)CCC(C)(C)C5)CC4)cc3)cc2[N+](=O)[O-])CC1. The van der Waals surface area contributed by atoms with Crippen LogP contribution in [0, 0.1) is 15.5 Å². The van der Waals surface area contributed by atoms with Gasteiger partial charge in [0.15, 0.2) is 0 Å². The Balaban J connectivity index is 0.920. The second kappa shape index (κ2) is 20.7. The Labute approximate surface area is 369 Å². The Morgan fingerprint density at radius 3 is 2.27 bits per heavy atom. The molecule has 0 aromatic heterocycles. The number of halogens is 1. The van der Waals surface area contributed by atoms with Gasteiger partial charge in [0.1, 0.15) is 5.69 Å². The topological polar surface area (TPSA) is 97.2 Å². The minimum Gasteiger partial charge on any atom is -0.376 e. The lowest BCUT2D eigenvalue weighted by atomic mass is 9.73. The number of nitro groups is 1. The van der Waals surface area contributed by atoms with E-state index in [1.807, 2.05) is 60.7 Å². The molecule has 60 heavy (non-hydrogen) atoms. The Morgan fingerprint density at radius 2 is 1.57 bits per heavy atom. The van der Waals surface area contributed by atoms with Gasteiger partial charge in [-0.15, -0.1) is 11.8 Å². The zero-order chi connectivity index (χ0) is 42.1. The van der Waals surface area contributed by atoms with Gasteiger partial charge in [-0.1, -0.05) is 61.4 Å². The molecule has 2 saturated heterocycles. The fourth-order valence-electron chi connectivity index (χ4n) is 8.37. The summed E-state index contributed by atoms with van der Waals surface area (Å²) in [5.74, 6) is 0.531. The van der Waals surface area contributed by atoms with Gasteiger partial charge in [0.2, 0.25) is 0 Å². The third-order valence-electron chi connectivity index (χ3n) is 12.0. The number of allylic oxidation sites excluding steroid dienone is 1. The highest BCUT2D eigenvalue weighted by atomic mass is 35.5. The molecule has 0 saturated carbocycles. The largest absolute Gasteiger partial charge is 0.376 e. The van der Waals surface area contributed by atoms with Gasteiger partial charge in [0.05, 0.1) is 4.92 Å². The minimum atomic E-state index is -0.346. The van der Waals surface area contributed by atoms with E-state index in [1.54, 1.807) is 29.5 Å². The molecule has 1 amide bonds. The third-order valence-corrected chi connectivity index (χ3v) is 14.2. The quantitative estimate of drug-likeness (QED) is 0.0491. The molecule has 0 spiro atoms. The predicted octanol–water partition coefficient (Wildman–Crippen LogP) is 9.68. The molecule has 4 aromatic rings. The van der Waals surface area contributed by atoms with Crippen LogP contribution in [0.2, 0.25) is 5.02 Å². The van der Waals surface area contributed by atoms with Crippen LogP contribution in [-0.4, -0.2) is 110 Å². The van der Waals surface area contributed by atoms with Gasteiger partial charge in [-0.05, 0) is 122 Å². The van der Waals surface area contributed by atoms with Gasteiger partial charge in [0, 0.05) is 109 Å². The van der Waals surface area contributed by atoms with E-state index >= 15 is 0 Å². The smallest absolute Gasteiger partial charge is 0.293 e. The molecule has 4 aromatic carbocycles. The Hall–Kier alpha value is -4.04. The molecule has 10 nitrogen and oxygen atoms in total. The molecule has 2 heterocycles. The molecule has 3 aliphatic rings. The summed E-state index contributed by atoms with van der Waals surface area (Å²) >= 11 is 9.06. The summed E-state index contributed by atoms with van der Waals surface area (Å²) in [5.41, 5.74) is 6.75. The average molecular weight is 869 g/mol. The second-order valence-corrected chi connectivity index (χ2v) is 19.5. The van der Waals surface area contributed by atoms with Gasteiger partial charge in [-0.25, -0.2) is 0 Å². The van der Waals surface area contributed by atoms with Gasteiger partial charge >= 0.3 is 0 Å². The van der Waals surface area contributed by atoms with Crippen LogP contribution in [0.4, 0.5) is 17.1 Å². The lowest BCUT2D eigenvalue weighted by Gasteiger charge is -2.39. The Morgan fingerprint density at radius 1 is 0.867 bits per heavy atom. The van der Waals surface area contributed by atoms with Gasteiger partial charge in [-0.2, -0.15) is 0 Å². The lowest BCUT2D eigenvalue weighted by molar-refractivity contribution is -0.384. The maximum Gasteiger partial charge on any atom is 0.293 e. The molecule has 1 aliphatic carbocycles. The van der Waals surface area contributed by atoms with E-state index in [9.17, 15) is 14.9 Å². The molecule has 2 N–H and O–H groups in total. The van der Waals surface area contributed by atoms with Gasteiger partial charge < -0.3 is 20.0 Å². The summed E-state index contributed by atoms with van der Waals surface area (Å²) in [6, 6.07) is 31.5. The minimum absolute atomic E-state index is 0.00527. The van der Waals surface area contributed by atoms with Crippen molar-refractivity contribution >= 4 is 63.9 Å². The van der Waals surface area contributed by atoms with Crippen LogP contribution >= 0.6 is 35.3 Å². The van der Waals surface area contributed by atoms with E-state index in [-0.39, 0.29) is 22.6 Å². The number of nitrogens with zero attached hydrogens (tertiary/aromatic N) is 5. The highest BCUT2D eigenvalue weighted by molar-refractivity contribution is 7.99. The zero-order valence-electron chi connectivity index (χ0n) is 35.1. The number of piperazine rings is 2. The van der Waals surface area contributed by atoms with Crippen molar-refractivity contribution in [2.24, 2.45) is 5.41 Å². The molecule has 2 fully saturated rings. The van der Waals surface area contributed by atoms with Crippen LogP contribution in [0.25, 0.3) is 5.57 Å². The molecular weight excluding hydrogens is 810 g/mol. The van der Waals surface area contributed by atoms with E-state index in [0.717, 1.165) is 113 Å². The summed E-state index contributed by atoms with van der Waals surface area (Å²) in [6.07, 6.45) is 4.26. The Kier molecular flexibility index (Phi) is 15.2. The summed E-state index contributed by atoms with van der Waals surface area (Å²) in [4.78, 5) is 36.8. The Bertz CT molecular complexity index is 2090. The van der Waals surface area contributed by atoms with Crippen molar-refractivity contribution < 1.29 is 9.72 Å². The fourth-order valence-corrected chi connectivity index (χ4v) is 10.1. The van der Waals surface area contributed by atoms with E-state index in [1.165, 1.54) is 22.5 Å². The molecular formula is C47H58ClN7O3S2. The maximum atomic E-state index is 13.3. The van der Waals surface area contributed by atoms with Gasteiger partial charge in [0.25, 0.3) is 11.6 Å². The molecule has 7 rings (SSSR count). The van der Waals surface area contributed by atoms with Gasteiger partial charge in [-0.3, -0.25) is 24.5 Å². The first-order valence-corrected chi connectivity index (χ1v) is 23.3. The van der Waals surface area contributed by atoms with Crippen LogP contribution < -0.4 is 14.9 Å². The molecule has 1 atom stereocenters. The number of nitrogens with one attached hydrogen (secondary N) is 2. The lowest BCUT2D eigenvalue weighted by Crippen LogP contribution is -2.47. The number of benzene rings is 4. The van der Waals surface area contributed by atoms with E-state index in [0.29, 0.717) is 21.6 Å². The van der Waals surface area contributed by atoms with Crippen molar-refractivity contribution in [3.8, 4) is 0 Å². The molecule has 2 aliphatic heterocycles. The number of hydrogen-bond donors (Lipinski definition) is 2. The number of nitro benzene ring substituents is 1. The van der Waals surface area contributed by atoms with Crippen molar-refractivity contribution in [3.05, 3.63) is 129 Å². The first-order valence-electron chi connectivity index (χ1n) is 21.1. The molecule has 0 radical (unpaired) electrons. The number of anilines is 2. The molecule has 0 unspecified atom stereocenters. The average Bonchev–Trinajstić information content (AvgIpc) is 3.25. The van der Waals surface area contributed by atoms with E-state index in [4.69, 9.17) is 11.6 Å². The molecule has 0 bridgehead atoms. The first kappa shape index (κ1) is 44.0. The van der Waals surface area contributed by atoms with Crippen molar-refractivity contribution in [3.63, 3.8) is 0 Å². The highest BCUT2D eigenvalue weighted by Crippen LogP contribution is 2.43. The number of carbonyl (C=O) groups excluding carboxylic acids is 1. The summed E-state index contributed by atoms with van der Waals surface area (Å²) in [5, 5.41) is 16.6. The van der Waals surface area contributed by atoms with Crippen molar-refractivity contribution in [1.82, 2.24) is 19.4 Å². The number of thioether (sulfide) groups is 1. The van der Waals surface area contributed by atoms with Crippen LogP contribution in [0.3, 0.4) is 0 Å². The van der Waals surface area contributed by atoms with Crippen LogP contribution in [0.1, 0.15) is 55.5 Å². The van der Waals surface area contributed by atoms with E-state index in [2.05, 4.69) is 74.8 Å².